The summed E-state index contributed by atoms with van der Waals surface area (Å²) in [6.07, 6.45) is 8.67. The van der Waals surface area contributed by atoms with Crippen LogP contribution in [0, 0.1) is 83.1 Å². The van der Waals surface area contributed by atoms with Crippen LogP contribution in [0.1, 0.15) is 227 Å². The molecule has 0 N–H and O–H groups in total. The average molecular weight is 1340 g/mol. The van der Waals surface area contributed by atoms with E-state index >= 15 is 0 Å². The summed E-state index contributed by atoms with van der Waals surface area (Å²) in [7, 11) is 0. The van der Waals surface area contributed by atoms with Gasteiger partial charge in [0.15, 0.2) is 0 Å². The SMILES string of the molecule is CC(C)(C)Cc1ccc(Cl)cc1.CC(C)(C)Cc1ccc(F)cc1.CC(C)(C)Cc1cccc(F)c1.CC(C)(C)Cc1ccccc1.CCC.Cc1cc(F)cc(CC(C)(C)C)c1.Cc1ccc(CC(C)(C)C)cc1.Cc1cccc(CC(C)(C)C)c1.Cc1cccc(Cl)c1. The predicted octanol–water partition coefficient (Wildman–Crippen LogP) is 29.0. The smallest absolute Gasteiger partial charge is 0.123 e. The first kappa shape index (κ1) is 89.1. The van der Waals surface area contributed by atoms with E-state index in [2.05, 4.69) is 264 Å². The van der Waals surface area contributed by atoms with E-state index in [0.717, 1.165) is 71.7 Å². The van der Waals surface area contributed by atoms with Gasteiger partial charge in [-0.05, 0) is 221 Å². The Labute approximate surface area is 591 Å². The molecule has 0 spiro atoms. The molecule has 0 radical (unpaired) electrons. The Morgan fingerprint density at radius 3 is 0.874 bits per heavy atom. The lowest BCUT2D eigenvalue weighted by atomic mass is 9.88. The van der Waals surface area contributed by atoms with Gasteiger partial charge in [-0.1, -0.05) is 333 Å². The minimum absolute atomic E-state index is 0.126. The van der Waals surface area contributed by atoms with Gasteiger partial charge in [0.05, 0.1) is 0 Å². The van der Waals surface area contributed by atoms with Crippen LogP contribution in [0.25, 0.3) is 0 Å². The Balaban J connectivity index is 0.00000106. The molecule has 0 fully saturated rings. The van der Waals surface area contributed by atoms with Crippen molar-refractivity contribution in [1.29, 1.82) is 0 Å². The van der Waals surface area contributed by atoms with Gasteiger partial charge in [-0.3, -0.25) is 0 Å². The molecule has 0 unspecified atom stereocenters. The standard InChI is InChI=1S/C12H17F.2C12H18.C11H15Cl.2C11H15F.C11H16.C7H7Cl.C3H8/c1-9-5-10(7-11(13)6-9)8-12(2,3)4;1-10-5-7-11(8-6-10)9-12(2,3)4;1-10-6-5-7-11(8-10)9-12(2,3)4;2*1-11(2,3)8-9-4-6-10(12)7-5-9;1-11(2,3)8-9-5-4-6-10(12)7-9;1-11(2,3)9-10-7-5-4-6-8-10;1-6-3-2-4-7(8)5-6;1-3-2/h5-7H,8H2,1-4H3;2*5-8H,9H2,1-4H3;3*4-7H,8H2,1-3H3;4-8H,9H2,1-3H3;2-5H,1H3;3H2,1-2H3. The number of aryl methyl sites for hydroxylation is 4. The first-order chi connectivity index (χ1) is 43.5. The van der Waals surface area contributed by atoms with E-state index in [1.54, 1.807) is 24.3 Å². The first-order valence-electron chi connectivity index (χ1n) is 34.4. The molecule has 0 aliphatic carbocycles. The molecule has 524 valence electrons. The molecule has 8 rings (SSSR count). The van der Waals surface area contributed by atoms with Crippen molar-refractivity contribution in [2.75, 3.05) is 0 Å². The largest absolute Gasteiger partial charge is 0.207 e. The Hall–Kier alpha value is -5.87. The second-order valence-electron chi connectivity index (χ2n) is 34.1. The van der Waals surface area contributed by atoms with Gasteiger partial charge >= 0.3 is 0 Å². The van der Waals surface area contributed by atoms with Gasteiger partial charge in [-0.15, -0.1) is 0 Å². The van der Waals surface area contributed by atoms with Crippen molar-refractivity contribution in [3.05, 3.63) is 283 Å². The fourth-order valence-corrected chi connectivity index (χ4v) is 10.2. The van der Waals surface area contributed by atoms with E-state index in [1.165, 1.54) is 69.1 Å². The Kier molecular flexibility index (Phi) is 40.7. The van der Waals surface area contributed by atoms with Crippen molar-refractivity contribution in [2.24, 2.45) is 37.9 Å². The highest BCUT2D eigenvalue weighted by molar-refractivity contribution is 6.30. The normalized spacial score (nSPS) is 11.3. The highest BCUT2D eigenvalue weighted by Gasteiger charge is 2.16. The molecule has 0 saturated carbocycles. The van der Waals surface area contributed by atoms with Gasteiger partial charge in [0, 0.05) is 10.0 Å². The molecule has 0 heterocycles. The summed E-state index contributed by atoms with van der Waals surface area (Å²) in [4.78, 5) is 0. The van der Waals surface area contributed by atoms with E-state index in [9.17, 15) is 13.2 Å². The maximum atomic E-state index is 13.0. The minimum atomic E-state index is -0.160. The van der Waals surface area contributed by atoms with E-state index < -0.39 is 0 Å². The summed E-state index contributed by atoms with van der Waals surface area (Å²) in [6.45, 7) is 59.1. The summed E-state index contributed by atoms with van der Waals surface area (Å²) >= 11 is 11.4. The molecule has 0 aromatic heterocycles. The van der Waals surface area contributed by atoms with Crippen molar-refractivity contribution in [1.82, 2.24) is 0 Å². The van der Waals surface area contributed by atoms with Crippen molar-refractivity contribution < 1.29 is 13.2 Å². The average Bonchev–Trinajstić information content (AvgIpc) is 1.08. The van der Waals surface area contributed by atoms with Gasteiger partial charge in [-0.25, -0.2) is 13.2 Å². The summed E-state index contributed by atoms with van der Waals surface area (Å²) in [5.41, 5.74) is 16.2. The van der Waals surface area contributed by atoms with Crippen LogP contribution in [0.2, 0.25) is 10.0 Å². The zero-order valence-electron chi connectivity index (χ0n) is 64.5. The van der Waals surface area contributed by atoms with Gasteiger partial charge < -0.3 is 0 Å². The molecule has 0 saturated heterocycles. The van der Waals surface area contributed by atoms with Crippen molar-refractivity contribution in [3.8, 4) is 0 Å². The molecule has 0 nitrogen and oxygen atoms in total. The zero-order chi connectivity index (χ0) is 73.0. The lowest BCUT2D eigenvalue weighted by molar-refractivity contribution is 0.410. The minimum Gasteiger partial charge on any atom is -0.207 e. The topological polar surface area (TPSA) is 0 Å². The molecule has 95 heavy (non-hydrogen) atoms. The Morgan fingerprint density at radius 1 is 0.232 bits per heavy atom. The molecule has 8 aromatic carbocycles. The van der Waals surface area contributed by atoms with E-state index in [4.69, 9.17) is 23.2 Å². The van der Waals surface area contributed by atoms with E-state index in [0.29, 0.717) is 21.7 Å². The number of hydrogen-bond acceptors (Lipinski definition) is 0. The summed E-state index contributed by atoms with van der Waals surface area (Å²) in [6, 6.07) is 62.8. The number of rotatable bonds is 7. The van der Waals surface area contributed by atoms with Crippen molar-refractivity contribution in [3.63, 3.8) is 0 Å². The third kappa shape index (κ3) is 54.9. The molecule has 0 atom stereocenters. The molecular formula is C90H129Cl2F3. The summed E-state index contributed by atoms with van der Waals surface area (Å²) in [5.74, 6) is -0.427. The van der Waals surface area contributed by atoms with E-state index in [1.807, 2.05) is 74.5 Å². The molecule has 0 bridgehead atoms. The molecule has 0 amide bonds. The molecule has 0 aliphatic heterocycles. The van der Waals surface area contributed by atoms with E-state index in [-0.39, 0.29) is 33.7 Å². The number of hydrogen-bond donors (Lipinski definition) is 0. The highest BCUT2D eigenvalue weighted by Crippen LogP contribution is 2.26. The maximum Gasteiger partial charge on any atom is 0.123 e. The van der Waals surface area contributed by atoms with Crippen LogP contribution in [-0.2, 0) is 44.9 Å². The first-order valence-corrected chi connectivity index (χ1v) is 35.1. The molecule has 8 aromatic rings. The van der Waals surface area contributed by atoms with Crippen molar-refractivity contribution >= 4 is 23.2 Å². The summed E-state index contributed by atoms with van der Waals surface area (Å²) < 4.78 is 38.3. The second kappa shape index (κ2) is 43.4. The lowest BCUT2D eigenvalue weighted by Gasteiger charge is -2.18. The van der Waals surface area contributed by atoms with Gasteiger partial charge in [0.1, 0.15) is 17.5 Å². The van der Waals surface area contributed by atoms with Crippen LogP contribution < -0.4 is 0 Å². The van der Waals surface area contributed by atoms with Gasteiger partial charge in [-0.2, -0.15) is 0 Å². The lowest BCUT2D eigenvalue weighted by Crippen LogP contribution is -2.09. The highest BCUT2D eigenvalue weighted by atomic mass is 35.5. The maximum absolute atomic E-state index is 13.0. The number of benzene rings is 8. The van der Waals surface area contributed by atoms with Crippen LogP contribution in [-0.4, -0.2) is 0 Å². The van der Waals surface area contributed by atoms with Gasteiger partial charge in [0.2, 0.25) is 0 Å². The van der Waals surface area contributed by atoms with Crippen LogP contribution >= 0.6 is 23.2 Å². The molecular weight excluding hydrogens is 1210 g/mol. The third-order valence-electron chi connectivity index (χ3n) is 13.0. The monoisotopic (exact) mass is 1340 g/mol. The quantitative estimate of drug-likeness (QED) is 0.149. The molecule has 0 aliphatic rings. The van der Waals surface area contributed by atoms with Crippen LogP contribution in [0.4, 0.5) is 13.2 Å². The summed E-state index contributed by atoms with van der Waals surface area (Å²) in [5, 5.41) is 1.62. The van der Waals surface area contributed by atoms with Gasteiger partial charge in [0.25, 0.3) is 0 Å². The zero-order valence-corrected chi connectivity index (χ0v) is 66.0. The second-order valence-corrected chi connectivity index (χ2v) is 35.0. The number of halogens is 5. The Bertz CT molecular complexity index is 3040. The van der Waals surface area contributed by atoms with Crippen LogP contribution in [0.15, 0.2) is 194 Å². The van der Waals surface area contributed by atoms with Crippen LogP contribution in [0.3, 0.4) is 0 Å². The Morgan fingerprint density at radius 2 is 0.526 bits per heavy atom. The van der Waals surface area contributed by atoms with Crippen LogP contribution in [0.5, 0.6) is 0 Å². The fraction of sp³-hybridized carbons (Fsp3) is 0.467. The third-order valence-corrected chi connectivity index (χ3v) is 13.5. The predicted molar refractivity (Wildman–Crippen MR) is 418 cm³/mol. The fourth-order valence-electron chi connectivity index (χ4n) is 9.78. The van der Waals surface area contributed by atoms with Crippen molar-refractivity contribution in [2.45, 2.75) is 238 Å². The molecule has 5 heteroatoms.